The summed E-state index contributed by atoms with van der Waals surface area (Å²) < 4.78 is 16.7. The highest BCUT2D eigenvalue weighted by Gasteiger charge is 2.19. The molecule has 0 radical (unpaired) electrons. The molecule has 0 aliphatic rings. The highest BCUT2D eigenvalue weighted by molar-refractivity contribution is 5.71. The van der Waals surface area contributed by atoms with E-state index < -0.39 is 6.10 Å². The van der Waals surface area contributed by atoms with Gasteiger partial charge in [-0.1, -0.05) is 230 Å². The van der Waals surface area contributed by atoms with Crippen LogP contribution in [0.4, 0.5) is 0 Å². The standard InChI is InChI=1S/C54H96O6/c1-4-7-10-13-16-19-20-21-22-23-24-25-26-27-28-29-30-31-32-33-34-36-38-41-44-47-53(56)59-50-51(49-58-52(55)46-43-40-37-18-15-12-9-6-3)60-54(57)48-45-42-39-35-17-14-11-8-5-2/h7,10,16,19,21-22,24-25,51H,4-6,8-9,11-15,17-18,20,23,26-50H2,1-3H3/b10-7-,19-16-,22-21-,25-24-. The van der Waals surface area contributed by atoms with Gasteiger partial charge in [0.2, 0.25) is 0 Å². The number of hydrogen-bond acceptors (Lipinski definition) is 6. The molecule has 0 aromatic heterocycles. The first-order valence-corrected chi connectivity index (χ1v) is 25.6. The van der Waals surface area contributed by atoms with Crippen molar-refractivity contribution in [3.05, 3.63) is 48.6 Å². The van der Waals surface area contributed by atoms with E-state index in [-0.39, 0.29) is 31.1 Å². The van der Waals surface area contributed by atoms with E-state index in [4.69, 9.17) is 14.2 Å². The first-order chi connectivity index (χ1) is 29.5. The van der Waals surface area contributed by atoms with E-state index in [9.17, 15) is 14.4 Å². The van der Waals surface area contributed by atoms with Crippen molar-refractivity contribution in [3.63, 3.8) is 0 Å². The van der Waals surface area contributed by atoms with Gasteiger partial charge in [-0.2, -0.15) is 0 Å². The molecule has 60 heavy (non-hydrogen) atoms. The molecule has 6 heteroatoms. The van der Waals surface area contributed by atoms with Gasteiger partial charge in [-0.3, -0.25) is 14.4 Å². The van der Waals surface area contributed by atoms with Crippen molar-refractivity contribution in [1.29, 1.82) is 0 Å². The first-order valence-electron chi connectivity index (χ1n) is 25.6. The number of esters is 3. The molecule has 0 aliphatic heterocycles. The number of carbonyl (C=O) groups is 3. The summed E-state index contributed by atoms with van der Waals surface area (Å²) >= 11 is 0. The molecule has 348 valence electrons. The summed E-state index contributed by atoms with van der Waals surface area (Å²) in [5.41, 5.74) is 0. The SMILES string of the molecule is CC/C=C\C/C=C\C/C=C\C/C=C\CCCCCCCCCCCCCCC(=O)OCC(COC(=O)CCCCCCCCCC)OC(=O)CCCCCCCCCCC. The van der Waals surface area contributed by atoms with E-state index >= 15 is 0 Å². The van der Waals surface area contributed by atoms with E-state index in [1.807, 2.05) is 0 Å². The molecule has 1 atom stereocenters. The van der Waals surface area contributed by atoms with Crippen LogP contribution < -0.4 is 0 Å². The van der Waals surface area contributed by atoms with E-state index in [1.165, 1.54) is 135 Å². The molecule has 0 N–H and O–H groups in total. The Morgan fingerprint density at radius 3 is 1.02 bits per heavy atom. The minimum absolute atomic E-state index is 0.0701. The van der Waals surface area contributed by atoms with Crippen LogP contribution in [0.15, 0.2) is 48.6 Å². The first kappa shape index (κ1) is 57.4. The van der Waals surface area contributed by atoms with Crippen molar-refractivity contribution < 1.29 is 28.6 Å². The van der Waals surface area contributed by atoms with Crippen LogP contribution in [0.5, 0.6) is 0 Å². The molecule has 0 spiro atoms. The van der Waals surface area contributed by atoms with Crippen LogP contribution >= 0.6 is 0 Å². The second-order valence-electron chi connectivity index (χ2n) is 17.1. The monoisotopic (exact) mass is 841 g/mol. The van der Waals surface area contributed by atoms with Crippen molar-refractivity contribution in [1.82, 2.24) is 0 Å². The van der Waals surface area contributed by atoms with Gasteiger partial charge in [-0.25, -0.2) is 0 Å². The van der Waals surface area contributed by atoms with Gasteiger partial charge in [-0.15, -0.1) is 0 Å². The van der Waals surface area contributed by atoms with Crippen LogP contribution in [0, 0.1) is 0 Å². The average Bonchev–Trinajstić information content (AvgIpc) is 3.24. The van der Waals surface area contributed by atoms with Gasteiger partial charge in [0.1, 0.15) is 13.2 Å². The molecule has 0 amide bonds. The highest BCUT2D eigenvalue weighted by Crippen LogP contribution is 2.15. The molecular formula is C54H96O6. The Morgan fingerprint density at radius 2 is 0.650 bits per heavy atom. The third-order valence-electron chi connectivity index (χ3n) is 11.1. The lowest BCUT2D eigenvalue weighted by atomic mass is 10.0. The minimum Gasteiger partial charge on any atom is -0.462 e. The summed E-state index contributed by atoms with van der Waals surface area (Å²) in [6, 6.07) is 0. The van der Waals surface area contributed by atoms with Crippen LogP contribution in [0.1, 0.15) is 258 Å². The van der Waals surface area contributed by atoms with Crippen LogP contribution in [0.3, 0.4) is 0 Å². The van der Waals surface area contributed by atoms with E-state index in [0.29, 0.717) is 19.3 Å². The Hall–Kier alpha value is -2.63. The molecule has 0 saturated heterocycles. The number of allylic oxidation sites excluding steroid dienone is 8. The third-order valence-corrected chi connectivity index (χ3v) is 11.1. The maximum absolute atomic E-state index is 12.7. The number of rotatable bonds is 46. The predicted molar refractivity (Wildman–Crippen MR) is 256 cm³/mol. The Morgan fingerprint density at radius 1 is 0.350 bits per heavy atom. The number of ether oxygens (including phenoxy) is 3. The molecule has 0 aliphatic carbocycles. The fraction of sp³-hybridized carbons (Fsp3) is 0.796. The molecule has 6 nitrogen and oxygen atoms in total. The van der Waals surface area contributed by atoms with Gasteiger partial charge in [-0.05, 0) is 57.8 Å². The zero-order chi connectivity index (χ0) is 43.7. The van der Waals surface area contributed by atoms with Crippen molar-refractivity contribution >= 4 is 17.9 Å². The summed E-state index contributed by atoms with van der Waals surface area (Å²) in [4.78, 5) is 37.7. The Balaban J connectivity index is 4.09. The normalized spacial score (nSPS) is 12.4. The van der Waals surface area contributed by atoms with Gasteiger partial charge < -0.3 is 14.2 Å². The second kappa shape index (κ2) is 49.0. The summed E-state index contributed by atoms with van der Waals surface area (Å²) in [5.74, 6) is -0.873. The van der Waals surface area contributed by atoms with Gasteiger partial charge in [0.15, 0.2) is 6.10 Å². The van der Waals surface area contributed by atoms with Crippen LogP contribution in [-0.4, -0.2) is 37.2 Å². The van der Waals surface area contributed by atoms with Gasteiger partial charge in [0, 0.05) is 19.3 Å². The number of carbonyl (C=O) groups excluding carboxylic acids is 3. The fourth-order valence-corrected chi connectivity index (χ4v) is 7.26. The van der Waals surface area contributed by atoms with Crippen LogP contribution in [0.2, 0.25) is 0 Å². The lowest BCUT2D eigenvalue weighted by Gasteiger charge is -2.18. The smallest absolute Gasteiger partial charge is 0.306 e. The Bertz CT molecular complexity index is 1060. The molecule has 0 bridgehead atoms. The summed E-state index contributed by atoms with van der Waals surface area (Å²) in [6.45, 7) is 6.48. The van der Waals surface area contributed by atoms with Crippen LogP contribution in [0.25, 0.3) is 0 Å². The van der Waals surface area contributed by atoms with Crippen molar-refractivity contribution in [2.45, 2.75) is 264 Å². The average molecular weight is 841 g/mol. The van der Waals surface area contributed by atoms with Crippen molar-refractivity contribution in [2.75, 3.05) is 13.2 Å². The van der Waals surface area contributed by atoms with Crippen molar-refractivity contribution in [2.24, 2.45) is 0 Å². The molecule has 0 aromatic carbocycles. The van der Waals surface area contributed by atoms with Crippen molar-refractivity contribution in [3.8, 4) is 0 Å². The highest BCUT2D eigenvalue weighted by atomic mass is 16.6. The Kier molecular flexibility index (Phi) is 46.9. The lowest BCUT2D eigenvalue weighted by Crippen LogP contribution is -2.30. The molecule has 1 unspecified atom stereocenters. The second-order valence-corrected chi connectivity index (χ2v) is 17.1. The zero-order valence-corrected chi connectivity index (χ0v) is 39.7. The third kappa shape index (κ3) is 46.4. The van der Waals surface area contributed by atoms with Gasteiger partial charge in [0.25, 0.3) is 0 Å². The molecule has 0 fully saturated rings. The quantitative estimate of drug-likeness (QED) is 0.0263. The number of hydrogen-bond donors (Lipinski definition) is 0. The van der Waals surface area contributed by atoms with E-state index in [1.54, 1.807) is 0 Å². The predicted octanol–water partition coefficient (Wildman–Crippen LogP) is 16.7. The molecule has 0 saturated carbocycles. The molecule has 0 rings (SSSR count). The lowest BCUT2D eigenvalue weighted by molar-refractivity contribution is -0.167. The summed E-state index contributed by atoms with van der Waals surface area (Å²) in [5, 5.41) is 0. The van der Waals surface area contributed by atoms with Gasteiger partial charge in [0.05, 0.1) is 0 Å². The zero-order valence-electron chi connectivity index (χ0n) is 39.7. The van der Waals surface area contributed by atoms with Crippen LogP contribution in [-0.2, 0) is 28.6 Å². The van der Waals surface area contributed by atoms with E-state index in [2.05, 4.69) is 69.4 Å². The molecule has 0 heterocycles. The topological polar surface area (TPSA) is 78.9 Å². The molecule has 0 aromatic rings. The minimum atomic E-state index is -0.765. The maximum atomic E-state index is 12.7. The number of unbranched alkanes of at least 4 members (excludes halogenated alkanes) is 27. The van der Waals surface area contributed by atoms with E-state index in [0.717, 1.165) is 83.5 Å². The Labute approximate surface area is 371 Å². The fourth-order valence-electron chi connectivity index (χ4n) is 7.26. The van der Waals surface area contributed by atoms with Gasteiger partial charge >= 0.3 is 17.9 Å². The summed E-state index contributed by atoms with van der Waals surface area (Å²) in [6.07, 6.45) is 58.3. The molecular weight excluding hydrogens is 745 g/mol. The largest absolute Gasteiger partial charge is 0.462 e. The maximum Gasteiger partial charge on any atom is 0.306 e. The summed E-state index contributed by atoms with van der Waals surface area (Å²) in [7, 11) is 0.